The molecule has 112 valence electrons. The average Bonchev–Trinajstić information content (AvgIpc) is 2.46. The van der Waals surface area contributed by atoms with Gasteiger partial charge in [0, 0.05) is 23.0 Å². The summed E-state index contributed by atoms with van der Waals surface area (Å²) in [6.45, 7) is 4.65. The summed E-state index contributed by atoms with van der Waals surface area (Å²) < 4.78 is 0. The molecule has 0 aliphatic heterocycles. The van der Waals surface area contributed by atoms with Crippen LogP contribution >= 0.6 is 0 Å². The molecule has 3 rings (SSSR count). The summed E-state index contributed by atoms with van der Waals surface area (Å²) in [5.74, 6) is 1.50. The van der Waals surface area contributed by atoms with Crippen LogP contribution in [0.3, 0.4) is 0 Å². The molecular formula is C19H26N2. The van der Waals surface area contributed by atoms with Crippen molar-refractivity contribution in [1.82, 2.24) is 4.98 Å². The lowest BCUT2D eigenvalue weighted by molar-refractivity contribution is 0.182. The zero-order valence-electron chi connectivity index (χ0n) is 13.2. The number of aromatic nitrogens is 1. The van der Waals surface area contributed by atoms with E-state index < -0.39 is 0 Å². The Bertz CT molecular complexity index is 620. The van der Waals surface area contributed by atoms with E-state index in [1.54, 1.807) is 0 Å². The number of rotatable bonds is 3. The van der Waals surface area contributed by atoms with Gasteiger partial charge in [0.1, 0.15) is 0 Å². The highest BCUT2D eigenvalue weighted by atomic mass is 14.8. The van der Waals surface area contributed by atoms with Crippen molar-refractivity contribution in [2.75, 3.05) is 0 Å². The Morgan fingerprint density at radius 1 is 1.24 bits per heavy atom. The van der Waals surface area contributed by atoms with Gasteiger partial charge in [-0.3, -0.25) is 4.98 Å². The van der Waals surface area contributed by atoms with E-state index in [0.717, 1.165) is 42.3 Å². The van der Waals surface area contributed by atoms with E-state index in [0.29, 0.717) is 0 Å². The summed E-state index contributed by atoms with van der Waals surface area (Å²) in [6, 6.07) is 12.6. The molecule has 0 saturated heterocycles. The lowest BCUT2D eigenvalue weighted by atomic mass is 9.70. The van der Waals surface area contributed by atoms with Crippen molar-refractivity contribution in [2.45, 2.75) is 51.5 Å². The molecule has 0 radical (unpaired) electrons. The van der Waals surface area contributed by atoms with E-state index in [1.807, 2.05) is 6.07 Å². The first-order valence-corrected chi connectivity index (χ1v) is 8.19. The molecular weight excluding hydrogens is 256 g/mol. The van der Waals surface area contributed by atoms with E-state index in [9.17, 15) is 0 Å². The smallest absolute Gasteiger partial charge is 0.0705 e. The summed E-state index contributed by atoms with van der Waals surface area (Å²) in [7, 11) is 0. The summed E-state index contributed by atoms with van der Waals surface area (Å²) in [6.07, 6.45) is 5.76. The van der Waals surface area contributed by atoms with Gasteiger partial charge in [-0.05, 0) is 36.8 Å². The fourth-order valence-corrected chi connectivity index (χ4v) is 3.74. The Labute approximate surface area is 127 Å². The van der Waals surface area contributed by atoms with Gasteiger partial charge >= 0.3 is 0 Å². The van der Waals surface area contributed by atoms with Crippen LogP contribution in [0.5, 0.6) is 0 Å². The monoisotopic (exact) mass is 282 g/mol. The molecule has 0 amide bonds. The predicted octanol–water partition coefficient (Wildman–Crippen LogP) is 4.32. The third kappa shape index (κ3) is 3.26. The molecule has 0 spiro atoms. The molecule has 1 saturated carbocycles. The van der Waals surface area contributed by atoms with E-state index in [4.69, 9.17) is 10.7 Å². The molecule has 0 bridgehead atoms. The largest absolute Gasteiger partial charge is 0.325 e. The molecule has 1 aromatic carbocycles. The first-order valence-electron chi connectivity index (χ1n) is 8.19. The lowest BCUT2D eigenvalue weighted by Crippen LogP contribution is -2.47. The van der Waals surface area contributed by atoms with E-state index in [-0.39, 0.29) is 5.54 Å². The van der Waals surface area contributed by atoms with Crippen LogP contribution in [0.15, 0.2) is 36.4 Å². The Kier molecular flexibility index (Phi) is 3.99. The van der Waals surface area contributed by atoms with Crippen LogP contribution in [0.2, 0.25) is 0 Å². The van der Waals surface area contributed by atoms with Crippen LogP contribution in [0.25, 0.3) is 10.9 Å². The standard InChI is InChI=1S/C19H26N2/c1-14(2)16-7-5-11-19(20,12-16)13-17-10-9-15-6-3-4-8-18(15)21-17/h3-4,6,8-10,14,16H,5,7,11-13,20H2,1-2H3. The van der Waals surface area contributed by atoms with Crippen molar-refractivity contribution in [3.8, 4) is 0 Å². The molecule has 1 heterocycles. The summed E-state index contributed by atoms with van der Waals surface area (Å²) in [5.41, 5.74) is 8.87. The highest BCUT2D eigenvalue weighted by molar-refractivity contribution is 5.78. The fourth-order valence-electron chi connectivity index (χ4n) is 3.74. The average molecular weight is 282 g/mol. The van der Waals surface area contributed by atoms with Crippen molar-refractivity contribution in [3.05, 3.63) is 42.1 Å². The van der Waals surface area contributed by atoms with Gasteiger partial charge in [0.25, 0.3) is 0 Å². The molecule has 2 heteroatoms. The number of para-hydroxylation sites is 1. The number of pyridine rings is 1. The maximum absolute atomic E-state index is 6.72. The normalized spacial score (nSPS) is 26.4. The van der Waals surface area contributed by atoms with Gasteiger partial charge in [0.05, 0.1) is 5.52 Å². The molecule has 2 atom stereocenters. The SMILES string of the molecule is CC(C)C1CCCC(N)(Cc2ccc3ccccc3n2)C1. The highest BCUT2D eigenvalue weighted by Crippen LogP contribution is 2.36. The molecule has 2 nitrogen and oxygen atoms in total. The van der Waals surface area contributed by atoms with Crippen molar-refractivity contribution < 1.29 is 0 Å². The number of benzene rings is 1. The minimum Gasteiger partial charge on any atom is -0.325 e. The van der Waals surface area contributed by atoms with Gasteiger partial charge in [-0.15, -0.1) is 0 Å². The summed E-state index contributed by atoms with van der Waals surface area (Å²) >= 11 is 0. The topological polar surface area (TPSA) is 38.9 Å². The zero-order valence-corrected chi connectivity index (χ0v) is 13.2. The first kappa shape index (κ1) is 14.5. The molecule has 1 aromatic heterocycles. The van der Waals surface area contributed by atoms with Crippen LogP contribution < -0.4 is 5.73 Å². The Morgan fingerprint density at radius 2 is 2.05 bits per heavy atom. The first-order chi connectivity index (χ1) is 10.1. The van der Waals surface area contributed by atoms with E-state index >= 15 is 0 Å². The second kappa shape index (κ2) is 5.76. The van der Waals surface area contributed by atoms with Crippen molar-refractivity contribution in [3.63, 3.8) is 0 Å². The number of hydrogen-bond donors (Lipinski definition) is 1. The number of nitrogens with two attached hydrogens (primary N) is 1. The van der Waals surface area contributed by atoms with Crippen LogP contribution in [-0.2, 0) is 6.42 Å². The zero-order chi connectivity index (χ0) is 14.9. The van der Waals surface area contributed by atoms with E-state index in [1.165, 1.54) is 18.2 Å². The minimum atomic E-state index is -0.0668. The molecule has 2 unspecified atom stereocenters. The predicted molar refractivity (Wildman–Crippen MR) is 89.2 cm³/mol. The van der Waals surface area contributed by atoms with Gasteiger partial charge < -0.3 is 5.73 Å². The summed E-state index contributed by atoms with van der Waals surface area (Å²) in [5, 5.41) is 1.20. The van der Waals surface area contributed by atoms with Crippen molar-refractivity contribution >= 4 is 10.9 Å². The molecule has 21 heavy (non-hydrogen) atoms. The summed E-state index contributed by atoms with van der Waals surface area (Å²) in [4.78, 5) is 4.80. The maximum atomic E-state index is 6.72. The molecule has 2 N–H and O–H groups in total. The lowest BCUT2D eigenvalue weighted by Gasteiger charge is -2.39. The quantitative estimate of drug-likeness (QED) is 0.910. The van der Waals surface area contributed by atoms with Crippen LogP contribution in [0.1, 0.15) is 45.2 Å². The van der Waals surface area contributed by atoms with Crippen LogP contribution in [-0.4, -0.2) is 10.5 Å². The minimum absolute atomic E-state index is 0.0668. The molecule has 2 aromatic rings. The molecule has 1 aliphatic rings. The number of hydrogen-bond acceptors (Lipinski definition) is 2. The van der Waals surface area contributed by atoms with Gasteiger partial charge in [0.2, 0.25) is 0 Å². The molecule has 1 aliphatic carbocycles. The number of nitrogens with zero attached hydrogens (tertiary/aromatic N) is 1. The third-order valence-corrected chi connectivity index (χ3v) is 5.05. The second-order valence-corrected chi connectivity index (χ2v) is 7.13. The van der Waals surface area contributed by atoms with Crippen molar-refractivity contribution in [1.29, 1.82) is 0 Å². The highest BCUT2D eigenvalue weighted by Gasteiger charge is 2.34. The maximum Gasteiger partial charge on any atom is 0.0705 e. The van der Waals surface area contributed by atoms with E-state index in [2.05, 4.69) is 44.2 Å². The number of fused-ring (bicyclic) bond motifs is 1. The third-order valence-electron chi connectivity index (χ3n) is 5.05. The van der Waals surface area contributed by atoms with Crippen LogP contribution in [0.4, 0.5) is 0 Å². The second-order valence-electron chi connectivity index (χ2n) is 7.13. The Hall–Kier alpha value is -1.41. The molecule has 1 fully saturated rings. The van der Waals surface area contributed by atoms with Crippen LogP contribution in [0, 0.1) is 11.8 Å². The van der Waals surface area contributed by atoms with Gasteiger partial charge in [0.15, 0.2) is 0 Å². The Balaban J connectivity index is 1.80. The van der Waals surface area contributed by atoms with Gasteiger partial charge in [-0.1, -0.05) is 51.0 Å². The fraction of sp³-hybridized carbons (Fsp3) is 0.526. The van der Waals surface area contributed by atoms with Crippen molar-refractivity contribution in [2.24, 2.45) is 17.6 Å². The Morgan fingerprint density at radius 3 is 2.86 bits per heavy atom. The van der Waals surface area contributed by atoms with Gasteiger partial charge in [-0.2, -0.15) is 0 Å². The van der Waals surface area contributed by atoms with Gasteiger partial charge in [-0.25, -0.2) is 0 Å².